The van der Waals surface area contributed by atoms with Gasteiger partial charge in [-0.05, 0) is 54.1 Å². The lowest BCUT2D eigenvalue weighted by atomic mass is 10.1. The summed E-state index contributed by atoms with van der Waals surface area (Å²) in [5, 5.41) is 14.1. The summed E-state index contributed by atoms with van der Waals surface area (Å²) in [6.07, 6.45) is 0. The maximum atomic E-state index is 13.1. The monoisotopic (exact) mass is 446 g/mol. The number of ether oxygens (including phenoxy) is 2. The summed E-state index contributed by atoms with van der Waals surface area (Å²) in [5.41, 5.74) is 2.63. The van der Waals surface area contributed by atoms with Crippen LogP contribution in [-0.2, 0) is 13.1 Å². The van der Waals surface area contributed by atoms with Crippen molar-refractivity contribution in [1.29, 1.82) is 0 Å². The highest BCUT2D eigenvalue weighted by molar-refractivity contribution is 5.99. The van der Waals surface area contributed by atoms with Crippen molar-refractivity contribution in [3.8, 4) is 23.0 Å². The molecule has 0 atom stereocenters. The van der Waals surface area contributed by atoms with Crippen molar-refractivity contribution in [2.24, 2.45) is 0 Å². The molecule has 0 spiro atoms. The second kappa shape index (κ2) is 8.99. The van der Waals surface area contributed by atoms with E-state index in [1.54, 1.807) is 30.3 Å². The fraction of sp³-hybridized carbons (Fsp3) is 0.125. The first-order chi connectivity index (χ1) is 16.2. The summed E-state index contributed by atoms with van der Waals surface area (Å²) < 4.78 is 29.4. The summed E-state index contributed by atoms with van der Waals surface area (Å²) >= 11 is 0. The van der Waals surface area contributed by atoms with Crippen molar-refractivity contribution in [3.63, 3.8) is 0 Å². The molecule has 166 valence electrons. The van der Waals surface area contributed by atoms with Crippen LogP contribution in [0.3, 0.4) is 0 Å². The quantitative estimate of drug-likeness (QED) is 0.440. The van der Waals surface area contributed by atoms with Gasteiger partial charge in [0.25, 0.3) is 5.91 Å². The molecule has 0 fully saturated rings. The van der Waals surface area contributed by atoms with Gasteiger partial charge in [0.15, 0.2) is 11.5 Å². The Balaban J connectivity index is 1.22. The van der Waals surface area contributed by atoms with Gasteiger partial charge < -0.3 is 24.5 Å². The molecule has 1 aromatic heterocycles. The lowest BCUT2D eigenvalue weighted by molar-refractivity contribution is 0.0951. The molecule has 0 bridgehead atoms. The van der Waals surface area contributed by atoms with Gasteiger partial charge in [-0.15, -0.1) is 10.2 Å². The number of hydrogen-bond donors (Lipinski definition) is 2. The van der Waals surface area contributed by atoms with Crippen LogP contribution in [0.15, 0.2) is 71.1 Å². The highest BCUT2D eigenvalue weighted by Crippen LogP contribution is 2.32. The number of nitrogens with one attached hydrogen (secondary N) is 2. The minimum absolute atomic E-state index is 0.204. The molecule has 0 saturated heterocycles. The topological polar surface area (TPSA) is 98.5 Å². The van der Waals surface area contributed by atoms with Crippen molar-refractivity contribution in [2.75, 3.05) is 12.1 Å². The molecular weight excluding hydrogens is 427 g/mol. The number of fused-ring (bicyclic) bond motifs is 1. The second-order valence-electron chi connectivity index (χ2n) is 7.28. The van der Waals surface area contributed by atoms with Crippen LogP contribution >= 0.6 is 0 Å². The van der Waals surface area contributed by atoms with Crippen molar-refractivity contribution in [2.45, 2.75) is 13.1 Å². The number of carbonyl (C=O) groups is 1. The van der Waals surface area contributed by atoms with Gasteiger partial charge in [0.1, 0.15) is 5.82 Å². The first-order valence-corrected chi connectivity index (χ1v) is 10.2. The molecule has 9 heteroatoms. The van der Waals surface area contributed by atoms with Gasteiger partial charge in [0.05, 0.1) is 12.1 Å². The van der Waals surface area contributed by atoms with Crippen LogP contribution in [0.5, 0.6) is 11.5 Å². The van der Waals surface area contributed by atoms with Gasteiger partial charge in [-0.2, -0.15) is 0 Å². The van der Waals surface area contributed by atoms with Crippen LogP contribution < -0.4 is 20.1 Å². The highest BCUT2D eigenvalue weighted by atomic mass is 19.1. The number of carbonyl (C=O) groups excluding carboxylic acids is 1. The van der Waals surface area contributed by atoms with Crippen molar-refractivity contribution in [1.82, 2.24) is 15.5 Å². The number of benzene rings is 3. The molecular formula is C24H19FN4O4. The smallest absolute Gasteiger partial charge is 0.253 e. The van der Waals surface area contributed by atoms with Gasteiger partial charge >= 0.3 is 0 Å². The third kappa shape index (κ3) is 4.62. The molecule has 1 aliphatic rings. The molecule has 0 unspecified atom stereocenters. The number of rotatable bonds is 7. The Morgan fingerprint density at radius 3 is 2.64 bits per heavy atom. The predicted molar refractivity (Wildman–Crippen MR) is 117 cm³/mol. The molecule has 0 aliphatic carbocycles. The molecule has 5 rings (SSSR count). The largest absolute Gasteiger partial charge is 0.454 e. The fourth-order valence-electron chi connectivity index (χ4n) is 3.37. The van der Waals surface area contributed by atoms with Crippen LogP contribution in [-0.4, -0.2) is 22.9 Å². The van der Waals surface area contributed by atoms with E-state index in [9.17, 15) is 9.18 Å². The lowest BCUT2D eigenvalue weighted by Crippen LogP contribution is -2.24. The maximum Gasteiger partial charge on any atom is 0.253 e. The minimum atomic E-state index is -0.339. The number of amides is 1. The zero-order valence-corrected chi connectivity index (χ0v) is 17.4. The van der Waals surface area contributed by atoms with Crippen molar-refractivity contribution in [3.05, 3.63) is 89.6 Å². The predicted octanol–water partition coefficient (Wildman–Crippen LogP) is 4.15. The summed E-state index contributed by atoms with van der Waals surface area (Å²) in [4.78, 5) is 12.8. The molecule has 0 saturated carbocycles. The van der Waals surface area contributed by atoms with Crippen molar-refractivity contribution < 1.29 is 23.1 Å². The number of aromatic nitrogens is 2. The SMILES string of the molecule is O=C(NCc1ccc2c(c1)OCO2)c1ccccc1NCc1nnc(-c2ccc(F)cc2)o1. The molecule has 2 heterocycles. The third-order valence-corrected chi connectivity index (χ3v) is 5.05. The zero-order valence-electron chi connectivity index (χ0n) is 17.4. The number of para-hydroxylation sites is 1. The van der Waals surface area contributed by atoms with Crippen molar-refractivity contribution >= 4 is 11.6 Å². The molecule has 3 aromatic carbocycles. The molecule has 33 heavy (non-hydrogen) atoms. The Morgan fingerprint density at radius 2 is 1.76 bits per heavy atom. The van der Waals surface area contributed by atoms with Gasteiger partial charge in [-0.25, -0.2) is 4.39 Å². The zero-order chi connectivity index (χ0) is 22.6. The van der Waals surface area contributed by atoms with Gasteiger partial charge in [0.2, 0.25) is 18.6 Å². The maximum absolute atomic E-state index is 13.1. The van der Waals surface area contributed by atoms with Crippen LogP contribution in [0.1, 0.15) is 21.8 Å². The van der Waals surface area contributed by atoms with E-state index < -0.39 is 0 Å². The fourth-order valence-corrected chi connectivity index (χ4v) is 3.37. The third-order valence-electron chi connectivity index (χ3n) is 5.05. The van der Waals surface area contributed by atoms with Crippen LogP contribution in [0.25, 0.3) is 11.5 Å². The summed E-state index contributed by atoms with van der Waals surface area (Å²) in [5.74, 6) is 1.43. The molecule has 0 radical (unpaired) electrons. The average Bonchev–Trinajstić information content (AvgIpc) is 3.51. The first kappa shape index (κ1) is 20.5. The first-order valence-electron chi connectivity index (χ1n) is 10.2. The number of anilines is 1. The van der Waals surface area contributed by atoms with E-state index in [0.29, 0.717) is 46.6 Å². The van der Waals surface area contributed by atoms with E-state index in [2.05, 4.69) is 20.8 Å². The Labute approximate surface area is 188 Å². The Kier molecular flexibility index (Phi) is 5.59. The Hall–Kier alpha value is -4.40. The van der Waals surface area contributed by atoms with Crippen LogP contribution in [0, 0.1) is 5.82 Å². The average molecular weight is 446 g/mol. The molecule has 2 N–H and O–H groups in total. The molecule has 1 aliphatic heterocycles. The minimum Gasteiger partial charge on any atom is -0.454 e. The molecule has 8 nitrogen and oxygen atoms in total. The van der Waals surface area contributed by atoms with E-state index in [0.717, 1.165) is 5.56 Å². The number of halogens is 1. The number of nitrogens with zero attached hydrogens (tertiary/aromatic N) is 2. The van der Waals surface area contributed by atoms with E-state index in [1.165, 1.54) is 12.1 Å². The normalized spacial score (nSPS) is 11.9. The van der Waals surface area contributed by atoms with E-state index in [4.69, 9.17) is 13.9 Å². The van der Waals surface area contributed by atoms with Crippen LogP contribution in [0.2, 0.25) is 0 Å². The van der Waals surface area contributed by atoms with E-state index >= 15 is 0 Å². The Morgan fingerprint density at radius 1 is 0.939 bits per heavy atom. The van der Waals surface area contributed by atoms with E-state index in [-0.39, 0.29) is 25.1 Å². The van der Waals surface area contributed by atoms with Crippen LogP contribution in [0.4, 0.5) is 10.1 Å². The van der Waals surface area contributed by atoms with Gasteiger partial charge in [-0.1, -0.05) is 18.2 Å². The summed E-state index contributed by atoms with van der Waals surface area (Å²) in [7, 11) is 0. The Bertz CT molecular complexity index is 1290. The molecule has 4 aromatic rings. The van der Waals surface area contributed by atoms with Gasteiger partial charge in [-0.3, -0.25) is 4.79 Å². The highest BCUT2D eigenvalue weighted by Gasteiger charge is 2.15. The standard InChI is InChI=1S/C24H19FN4O4/c25-17-8-6-16(7-9-17)24-29-28-22(33-24)13-26-19-4-2-1-3-18(19)23(30)27-12-15-5-10-20-21(11-15)32-14-31-20/h1-11,26H,12-14H2,(H,27,30). The summed E-state index contributed by atoms with van der Waals surface area (Å²) in [6, 6.07) is 18.5. The second-order valence-corrected chi connectivity index (χ2v) is 7.28. The summed E-state index contributed by atoms with van der Waals surface area (Å²) in [6.45, 7) is 0.769. The van der Waals surface area contributed by atoms with E-state index in [1.807, 2.05) is 24.3 Å². The van der Waals surface area contributed by atoms with Gasteiger partial charge in [0, 0.05) is 17.8 Å². The lowest BCUT2D eigenvalue weighted by Gasteiger charge is -2.11. The number of hydrogen-bond acceptors (Lipinski definition) is 7. The molecule has 1 amide bonds.